The Labute approximate surface area is 197 Å². The van der Waals surface area contributed by atoms with E-state index in [4.69, 9.17) is 23.4 Å². The Morgan fingerprint density at radius 3 is 2.50 bits per heavy atom. The fourth-order valence-electron chi connectivity index (χ4n) is 9.34. The predicted molar refractivity (Wildman–Crippen MR) is 114 cm³/mol. The van der Waals surface area contributed by atoms with Gasteiger partial charge < -0.3 is 23.4 Å². The van der Waals surface area contributed by atoms with Gasteiger partial charge in [0, 0.05) is 28.7 Å². The van der Waals surface area contributed by atoms with Crippen LogP contribution < -0.4 is 0 Å². The Hall–Kier alpha value is -2.19. The van der Waals surface area contributed by atoms with Gasteiger partial charge in [0.1, 0.15) is 24.1 Å². The number of fused-ring (bicyclic) bond motifs is 1. The van der Waals surface area contributed by atoms with Crippen LogP contribution in [0.5, 0.6) is 0 Å². The lowest BCUT2D eigenvalue weighted by Gasteiger charge is -2.65. The molecule has 1 aromatic heterocycles. The van der Waals surface area contributed by atoms with Crippen LogP contribution in [0.4, 0.5) is 0 Å². The second-order valence-electron chi connectivity index (χ2n) is 12.2. The molecule has 5 heterocycles. The molecule has 0 unspecified atom stereocenters. The molecular formula is C26H30O8. The quantitative estimate of drug-likeness (QED) is 0.455. The number of rotatable bonds is 1. The maximum atomic E-state index is 14.2. The van der Waals surface area contributed by atoms with Crippen LogP contribution in [0, 0.1) is 28.1 Å². The third-order valence-electron chi connectivity index (χ3n) is 10.7. The first-order valence-corrected chi connectivity index (χ1v) is 12.3. The Morgan fingerprint density at radius 2 is 1.76 bits per heavy atom. The maximum absolute atomic E-state index is 14.2. The molecular weight excluding hydrogens is 440 g/mol. The van der Waals surface area contributed by atoms with Crippen molar-refractivity contribution >= 4 is 17.7 Å². The zero-order valence-electron chi connectivity index (χ0n) is 19.9. The summed E-state index contributed by atoms with van der Waals surface area (Å²) in [6, 6.07) is 1.81. The summed E-state index contributed by atoms with van der Waals surface area (Å²) in [5, 5.41) is 0. The number of carbonyl (C=O) groups is 3. The van der Waals surface area contributed by atoms with Crippen LogP contribution in [-0.4, -0.2) is 47.7 Å². The molecule has 2 saturated carbocycles. The van der Waals surface area contributed by atoms with Crippen LogP contribution in [0.1, 0.15) is 65.0 Å². The lowest BCUT2D eigenvalue weighted by atomic mass is 9.37. The summed E-state index contributed by atoms with van der Waals surface area (Å²) in [4.78, 5) is 39.7. The maximum Gasteiger partial charge on any atom is 0.339 e. The molecule has 6 aliphatic rings. The van der Waals surface area contributed by atoms with Crippen LogP contribution in [-0.2, 0) is 33.3 Å². The Morgan fingerprint density at radius 1 is 0.971 bits per heavy atom. The van der Waals surface area contributed by atoms with Crippen molar-refractivity contribution in [2.45, 2.75) is 82.9 Å². The fourth-order valence-corrected chi connectivity index (χ4v) is 9.34. The Balaban J connectivity index is 1.41. The van der Waals surface area contributed by atoms with Crippen molar-refractivity contribution in [3.63, 3.8) is 0 Å². The van der Waals surface area contributed by atoms with Gasteiger partial charge in [-0.25, -0.2) is 4.79 Å². The summed E-state index contributed by atoms with van der Waals surface area (Å²) in [5.41, 5.74) is -2.78. The van der Waals surface area contributed by atoms with Crippen molar-refractivity contribution in [3.8, 4) is 0 Å². The molecule has 8 heteroatoms. The van der Waals surface area contributed by atoms with Crippen LogP contribution in [0.15, 0.2) is 23.0 Å². The average Bonchev–Trinajstić information content (AvgIpc) is 3.26. The van der Waals surface area contributed by atoms with Crippen LogP contribution >= 0.6 is 0 Å². The first-order valence-electron chi connectivity index (χ1n) is 12.3. The molecule has 1 aromatic rings. The molecule has 7 rings (SSSR count). The SMILES string of the molecule is CC1(C)O[C@@H]2CC(=O)OC[C@@]23[C@H]1CC(=O)[C@@]1(C)[C@H]3CC[C@@]2(C)[C@@H](c3ccoc3)OC(=O)[C@H]3O[C@]321. The second-order valence-corrected chi connectivity index (χ2v) is 12.2. The van der Waals surface area contributed by atoms with Crippen LogP contribution in [0.25, 0.3) is 0 Å². The average molecular weight is 471 g/mol. The molecule has 34 heavy (non-hydrogen) atoms. The molecule has 6 fully saturated rings. The van der Waals surface area contributed by atoms with E-state index in [1.165, 1.54) is 0 Å². The number of epoxide rings is 1. The van der Waals surface area contributed by atoms with Crippen molar-refractivity contribution < 1.29 is 37.7 Å². The molecule has 4 aliphatic heterocycles. The zero-order chi connectivity index (χ0) is 23.9. The number of carbonyl (C=O) groups excluding carboxylic acids is 3. The van der Waals surface area contributed by atoms with E-state index < -0.39 is 45.6 Å². The molecule has 2 spiro atoms. The lowest BCUT2D eigenvalue weighted by molar-refractivity contribution is -0.225. The van der Waals surface area contributed by atoms with Crippen molar-refractivity contribution in [1.29, 1.82) is 0 Å². The van der Waals surface area contributed by atoms with Gasteiger partial charge in [-0.2, -0.15) is 0 Å². The summed E-state index contributed by atoms with van der Waals surface area (Å²) in [6.45, 7) is 8.36. The third-order valence-corrected chi connectivity index (χ3v) is 10.7. The number of hydrogen-bond acceptors (Lipinski definition) is 8. The Bertz CT molecular complexity index is 1120. The van der Waals surface area contributed by atoms with E-state index in [1.807, 2.05) is 26.8 Å². The minimum Gasteiger partial charge on any atom is -0.472 e. The Kier molecular flexibility index (Phi) is 3.70. The van der Waals surface area contributed by atoms with E-state index >= 15 is 0 Å². The molecule has 0 N–H and O–H groups in total. The van der Waals surface area contributed by atoms with Gasteiger partial charge in [-0.3, -0.25) is 9.59 Å². The number of ketones is 1. The highest BCUT2D eigenvalue weighted by Gasteiger charge is 2.89. The van der Waals surface area contributed by atoms with Gasteiger partial charge in [-0.15, -0.1) is 0 Å². The van der Waals surface area contributed by atoms with E-state index in [1.54, 1.807) is 12.5 Å². The monoisotopic (exact) mass is 470 g/mol. The number of Topliss-reactive ketones (excluding diaryl/α,β-unsaturated/α-hetero) is 1. The minimum atomic E-state index is -0.976. The highest BCUT2D eigenvalue weighted by molar-refractivity contribution is 5.93. The number of cyclic esters (lactones) is 2. The summed E-state index contributed by atoms with van der Waals surface area (Å²) in [5.74, 6) is -0.780. The standard InChI is InChI=1S/C26H30O8/c1-22(2)15-9-16(27)24(4)14(25(15)12-31-18(28)10-17(25)33-22)5-7-23(3)19(13-6-8-30-11-13)32-21(29)20-26(23,24)34-20/h6,8,11,14-15,17,19-20H,5,7,9-10,12H2,1-4H3/t14-,15+,17-,19-,20-,23+,24-,25-,26-/m1/s1. The molecule has 8 nitrogen and oxygen atoms in total. The van der Waals surface area contributed by atoms with E-state index in [0.717, 1.165) is 12.0 Å². The highest BCUT2D eigenvalue weighted by atomic mass is 16.7. The van der Waals surface area contributed by atoms with Crippen molar-refractivity contribution in [1.82, 2.24) is 0 Å². The second kappa shape index (κ2) is 5.95. The number of esters is 2. The first-order chi connectivity index (χ1) is 16.0. The lowest BCUT2D eigenvalue weighted by Crippen LogP contribution is -2.72. The predicted octanol–water partition coefficient (Wildman–Crippen LogP) is 3.14. The van der Waals surface area contributed by atoms with E-state index in [9.17, 15) is 14.4 Å². The minimum absolute atomic E-state index is 0.0677. The molecule has 182 valence electrons. The van der Waals surface area contributed by atoms with Crippen LogP contribution in [0.3, 0.4) is 0 Å². The van der Waals surface area contributed by atoms with Crippen molar-refractivity contribution in [2.75, 3.05) is 6.61 Å². The summed E-state index contributed by atoms with van der Waals surface area (Å²) >= 11 is 0. The van der Waals surface area contributed by atoms with E-state index in [0.29, 0.717) is 12.8 Å². The topological polar surface area (TPSA) is 105 Å². The molecule has 0 amide bonds. The summed E-state index contributed by atoms with van der Waals surface area (Å²) in [6.07, 6.45) is 3.46. The summed E-state index contributed by atoms with van der Waals surface area (Å²) < 4.78 is 29.8. The van der Waals surface area contributed by atoms with E-state index in [-0.39, 0.29) is 42.7 Å². The largest absolute Gasteiger partial charge is 0.472 e. The van der Waals surface area contributed by atoms with Gasteiger partial charge in [0.25, 0.3) is 0 Å². The fraction of sp³-hybridized carbons (Fsp3) is 0.731. The van der Waals surface area contributed by atoms with Gasteiger partial charge in [-0.1, -0.05) is 6.92 Å². The number of ether oxygens (including phenoxy) is 4. The van der Waals surface area contributed by atoms with Gasteiger partial charge in [0.15, 0.2) is 6.10 Å². The molecule has 0 bridgehead atoms. The van der Waals surface area contributed by atoms with Gasteiger partial charge in [0.2, 0.25) is 0 Å². The molecule has 2 aliphatic carbocycles. The number of hydrogen-bond donors (Lipinski definition) is 0. The smallest absolute Gasteiger partial charge is 0.339 e. The van der Waals surface area contributed by atoms with Gasteiger partial charge in [-0.05, 0) is 45.6 Å². The van der Waals surface area contributed by atoms with Crippen LogP contribution in [0.2, 0.25) is 0 Å². The van der Waals surface area contributed by atoms with Gasteiger partial charge in [0.05, 0.1) is 36.1 Å². The molecule has 0 radical (unpaired) electrons. The summed E-state index contributed by atoms with van der Waals surface area (Å²) in [7, 11) is 0. The molecule has 4 saturated heterocycles. The highest BCUT2D eigenvalue weighted by Crippen LogP contribution is 2.79. The van der Waals surface area contributed by atoms with Crippen molar-refractivity contribution in [2.24, 2.45) is 28.1 Å². The zero-order valence-corrected chi connectivity index (χ0v) is 19.9. The van der Waals surface area contributed by atoms with Gasteiger partial charge >= 0.3 is 11.9 Å². The first kappa shape index (κ1) is 21.1. The van der Waals surface area contributed by atoms with E-state index in [2.05, 4.69) is 6.92 Å². The van der Waals surface area contributed by atoms with Crippen molar-refractivity contribution in [3.05, 3.63) is 24.2 Å². The third kappa shape index (κ3) is 2.02. The molecule has 0 aromatic carbocycles. The molecule has 9 atom stereocenters. The normalized spacial score (nSPS) is 52.4. The number of furan rings is 1.